The highest BCUT2D eigenvalue weighted by molar-refractivity contribution is 9.10. The first-order chi connectivity index (χ1) is 15.7. The van der Waals surface area contributed by atoms with Gasteiger partial charge in [0.25, 0.3) is 0 Å². The maximum absolute atomic E-state index is 12.7. The van der Waals surface area contributed by atoms with Crippen LogP contribution in [0, 0.1) is 0 Å². The fourth-order valence-electron chi connectivity index (χ4n) is 3.18. The Balaban J connectivity index is 1.42. The number of nitrogens with zero attached hydrogens (tertiary/aromatic N) is 4. The lowest BCUT2D eigenvalue weighted by Gasteiger charge is -2.07. The van der Waals surface area contributed by atoms with E-state index < -0.39 is 5.91 Å². The number of para-hydroxylation sites is 1. The van der Waals surface area contributed by atoms with Crippen molar-refractivity contribution in [2.24, 2.45) is 5.10 Å². The standard InChI is InChI=1S/C23H16BrN5O3/c24-18-9-5-4-8-17(18)22-26-21(28-29(22)16-6-2-1-3-7-16)23(30)27-25-13-15-10-11-19-20(12-15)32-14-31-19/h1-13H,14H2,(H,27,30). The van der Waals surface area contributed by atoms with Gasteiger partial charge in [-0.15, -0.1) is 5.10 Å². The number of rotatable bonds is 5. The molecule has 2 heterocycles. The van der Waals surface area contributed by atoms with Gasteiger partial charge in [0.15, 0.2) is 17.3 Å². The SMILES string of the molecule is O=C(NN=Cc1ccc2c(c1)OCO2)c1nc(-c2ccccc2Br)n(-c2ccccc2)n1. The van der Waals surface area contributed by atoms with Gasteiger partial charge in [-0.25, -0.2) is 15.1 Å². The van der Waals surface area contributed by atoms with Crippen molar-refractivity contribution in [2.75, 3.05) is 6.79 Å². The van der Waals surface area contributed by atoms with E-state index in [2.05, 4.69) is 36.5 Å². The molecule has 5 rings (SSSR count). The first kappa shape index (κ1) is 20.0. The van der Waals surface area contributed by atoms with Crippen LogP contribution in [-0.4, -0.2) is 33.7 Å². The molecule has 1 aliphatic rings. The minimum absolute atomic E-state index is 0.00226. The van der Waals surface area contributed by atoms with Crippen molar-refractivity contribution in [3.05, 3.63) is 88.7 Å². The fourth-order valence-corrected chi connectivity index (χ4v) is 3.65. The Bertz CT molecular complexity index is 1320. The highest BCUT2D eigenvalue weighted by Crippen LogP contribution is 2.32. The summed E-state index contributed by atoms with van der Waals surface area (Å²) < 4.78 is 13.1. The zero-order valence-electron chi connectivity index (χ0n) is 16.6. The van der Waals surface area contributed by atoms with Gasteiger partial charge in [-0.3, -0.25) is 4.79 Å². The van der Waals surface area contributed by atoms with Crippen LogP contribution >= 0.6 is 15.9 Å². The minimum atomic E-state index is -0.523. The molecule has 0 atom stereocenters. The summed E-state index contributed by atoms with van der Waals surface area (Å²) in [6.45, 7) is 0.197. The molecule has 0 saturated carbocycles. The topological polar surface area (TPSA) is 90.6 Å². The molecule has 0 bridgehead atoms. The first-order valence-corrected chi connectivity index (χ1v) is 10.5. The van der Waals surface area contributed by atoms with Crippen LogP contribution in [0.4, 0.5) is 0 Å². The van der Waals surface area contributed by atoms with Gasteiger partial charge >= 0.3 is 5.91 Å². The molecule has 0 unspecified atom stereocenters. The Kier molecular flexibility index (Phi) is 5.39. The number of ether oxygens (including phenoxy) is 2. The summed E-state index contributed by atoms with van der Waals surface area (Å²) in [4.78, 5) is 17.2. The highest BCUT2D eigenvalue weighted by atomic mass is 79.9. The quantitative estimate of drug-likeness (QED) is 0.335. The molecule has 1 aliphatic heterocycles. The number of amides is 1. The summed E-state index contributed by atoms with van der Waals surface area (Å²) in [6.07, 6.45) is 1.52. The number of hydrogen-bond donors (Lipinski definition) is 1. The third-order valence-corrected chi connectivity index (χ3v) is 5.39. The van der Waals surface area contributed by atoms with Gasteiger partial charge < -0.3 is 9.47 Å². The van der Waals surface area contributed by atoms with Crippen LogP contribution in [0.25, 0.3) is 17.1 Å². The van der Waals surface area contributed by atoms with Crippen molar-refractivity contribution in [3.8, 4) is 28.6 Å². The first-order valence-electron chi connectivity index (χ1n) is 9.69. The van der Waals surface area contributed by atoms with Crippen LogP contribution in [0.15, 0.2) is 82.4 Å². The summed E-state index contributed by atoms with van der Waals surface area (Å²) in [7, 11) is 0. The van der Waals surface area contributed by atoms with Crippen molar-refractivity contribution in [1.82, 2.24) is 20.2 Å². The molecule has 8 nitrogen and oxygen atoms in total. The fraction of sp³-hybridized carbons (Fsp3) is 0.0435. The molecule has 9 heteroatoms. The minimum Gasteiger partial charge on any atom is -0.454 e. The second-order valence-corrected chi connectivity index (χ2v) is 7.65. The van der Waals surface area contributed by atoms with Crippen molar-refractivity contribution in [3.63, 3.8) is 0 Å². The van der Waals surface area contributed by atoms with Gasteiger partial charge in [0.05, 0.1) is 11.9 Å². The van der Waals surface area contributed by atoms with Gasteiger partial charge in [0.1, 0.15) is 0 Å². The molecule has 0 spiro atoms. The highest BCUT2D eigenvalue weighted by Gasteiger charge is 2.20. The summed E-state index contributed by atoms with van der Waals surface area (Å²) in [5.41, 5.74) is 4.84. The summed E-state index contributed by atoms with van der Waals surface area (Å²) >= 11 is 3.55. The molecular formula is C23H16BrN5O3. The number of benzene rings is 3. The molecule has 1 N–H and O–H groups in total. The van der Waals surface area contributed by atoms with Gasteiger partial charge in [-0.1, -0.05) is 52.3 Å². The Labute approximate surface area is 191 Å². The summed E-state index contributed by atoms with van der Waals surface area (Å²) in [6, 6.07) is 22.5. The molecule has 3 aromatic carbocycles. The molecule has 0 saturated heterocycles. The third kappa shape index (κ3) is 3.97. The molecule has 0 radical (unpaired) electrons. The molecule has 0 fully saturated rings. The van der Waals surface area contributed by atoms with Gasteiger partial charge in [-0.2, -0.15) is 5.10 Å². The van der Waals surface area contributed by atoms with Crippen LogP contribution in [0.5, 0.6) is 11.5 Å². The predicted octanol–water partition coefficient (Wildman–Crippen LogP) is 4.19. The van der Waals surface area contributed by atoms with E-state index >= 15 is 0 Å². The molecule has 158 valence electrons. The van der Waals surface area contributed by atoms with E-state index in [0.29, 0.717) is 17.3 Å². The number of halogens is 1. The Morgan fingerprint density at radius 1 is 1.03 bits per heavy atom. The second-order valence-electron chi connectivity index (χ2n) is 6.80. The van der Waals surface area contributed by atoms with Crippen molar-refractivity contribution >= 4 is 28.1 Å². The van der Waals surface area contributed by atoms with Crippen molar-refractivity contribution < 1.29 is 14.3 Å². The van der Waals surface area contributed by atoms with E-state index in [1.54, 1.807) is 16.8 Å². The van der Waals surface area contributed by atoms with E-state index in [-0.39, 0.29) is 12.6 Å². The smallest absolute Gasteiger partial charge is 0.311 e. The molecular weight excluding hydrogens is 474 g/mol. The van der Waals surface area contributed by atoms with Crippen LogP contribution in [0.2, 0.25) is 0 Å². The summed E-state index contributed by atoms with van der Waals surface area (Å²) in [5, 5.41) is 8.46. The molecule has 1 aromatic heterocycles. The molecule has 0 aliphatic carbocycles. The van der Waals surface area contributed by atoms with Gasteiger partial charge in [0, 0.05) is 10.0 Å². The van der Waals surface area contributed by atoms with Crippen LogP contribution < -0.4 is 14.9 Å². The maximum atomic E-state index is 12.7. The second kappa shape index (κ2) is 8.64. The van der Waals surface area contributed by atoms with E-state index in [1.807, 2.05) is 60.7 Å². The number of carbonyl (C=O) groups is 1. The third-order valence-electron chi connectivity index (χ3n) is 4.70. The van der Waals surface area contributed by atoms with E-state index in [4.69, 9.17) is 9.47 Å². The van der Waals surface area contributed by atoms with Crippen LogP contribution in [0.3, 0.4) is 0 Å². The number of hydrazone groups is 1. The lowest BCUT2D eigenvalue weighted by Crippen LogP contribution is -2.19. The van der Waals surface area contributed by atoms with E-state index in [0.717, 1.165) is 21.3 Å². The van der Waals surface area contributed by atoms with Crippen molar-refractivity contribution in [2.45, 2.75) is 0 Å². The van der Waals surface area contributed by atoms with Crippen molar-refractivity contribution in [1.29, 1.82) is 0 Å². The average molecular weight is 490 g/mol. The Morgan fingerprint density at radius 2 is 1.81 bits per heavy atom. The van der Waals surface area contributed by atoms with Crippen LogP contribution in [-0.2, 0) is 0 Å². The predicted molar refractivity (Wildman–Crippen MR) is 122 cm³/mol. The Hall–Kier alpha value is -3.98. The zero-order chi connectivity index (χ0) is 21.9. The maximum Gasteiger partial charge on any atom is 0.311 e. The van der Waals surface area contributed by atoms with Gasteiger partial charge in [0.2, 0.25) is 12.6 Å². The normalized spacial score (nSPS) is 12.3. The largest absolute Gasteiger partial charge is 0.454 e. The zero-order valence-corrected chi connectivity index (χ0v) is 18.2. The lowest BCUT2D eigenvalue weighted by atomic mass is 10.2. The number of aromatic nitrogens is 3. The van der Waals surface area contributed by atoms with Crippen LogP contribution in [0.1, 0.15) is 16.2 Å². The lowest BCUT2D eigenvalue weighted by molar-refractivity contribution is 0.0945. The monoisotopic (exact) mass is 489 g/mol. The van der Waals surface area contributed by atoms with Gasteiger partial charge in [-0.05, 0) is 42.0 Å². The summed E-state index contributed by atoms with van der Waals surface area (Å²) in [5.74, 6) is 1.34. The van der Waals surface area contributed by atoms with E-state index in [9.17, 15) is 4.79 Å². The number of nitrogens with one attached hydrogen (secondary N) is 1. The number of fused-ring (bicyclic) bond motifs is 1. The Morgan fingerprint density at radius 3 is 2.66 bits per heavy atom. The number of carbonyl (C=O) groups excluding carboxylic acids is 1. The average Bonchev–Trinajstić information content (AvgIpc) is 3.47. The molecule has 32 heavy (non-hydrogen) atoms. The molecule has 1 amide bonds. The van der Waals surface area contributed by atoms with E-state index in [1.165, 1.54) is 6.21 Å². The number of hydrogen-bond acceptors (Lipinski definition) is 6. The molecule has 4 aromatic rings.